The predicted molar refractivity (Wildman–Crippen MR) is 172 cm³/mol. The SMILES string of the molecule is CC(C)C(C)NC(=O)CCOCCOCCOCCOCCN.CCCNC(N)=O.O=CNCC(=O)Nc1ccc(CO)cc1. The molecule has 0 fully saturated rings. The number of hydrogen-bond donors (Lipinski definition) is 7. The van der Waals surface area contributed by atoms with Gasteiger partial charge < -0.3 is 56.8 Å². The smallest absolute Gasteiger partial charge is 0.312 e. The second kappa shape index (κ2) is 32.1. The summed E-state index contributed by atoms with van der Waals surface area (Å²) >= 11 is 0. The van der Waals surface area contributed by atoms with Gasteiger partial charge in [-0.2, -0.15) is 0 Å². The fourth-order valence-electron chi connectivity index (χ4n) is 2.78. The van der Waals surface area contributed by atoms with Gasteiger partial charge >= 0.3 is 6.03 Å². The zero-order valence-corrected chi connectivity index (χ0v) is 27.3. The highest BCUT2D eigenvalue weighted by atomic mass is 16.6. The van der Waals surface area contributed by atoms with E-state index in [4.69, 9.17) is 35.5 Å². The fraction of sp³-hybridized carbons (Fsp3) is 0.667. The summed E-state index contributed by atoms with van der Waals surface area (Å²) in [5.74, 6) is 0.166. The first-order valence-corrected chi connectivity index (χ1v) is 15.1. The van der Waals surface area contributed by atoms with Crippen LogP contribution in [0.25, 0.3) is 0 Å². The highest BCUT2D eigenvalue weighted by molar-refractivity contribution is 5.93. The predicted octanol–water partition coefficient (Wildman–Crippen LogP) is 0.490. The summed E-state index contributed by atoms with van der Waals surface area (Å²) in [5.41, 5.74) is 11.4. The molecule has 0 radical (unpaired) electrons. The normalized spacial score (nSPS) is 10.8. The Bertz CT molecular complexity index is 876. The lowest BCUT2D eigenvalue weighted by atomic mass is 10.1. The van der Waals surface area contributed by atoms with Crippen molar-refractivity contribution in [3.05, 3.63) is 29.8 Å². The number of rotatable bonds is 23. The van der Waals surface area contributed by atoms with Gasteiger partial charge in [-0.3, -0.25) is 14.4 Å². The minimum Gasteiger partial charge on any atom is -0.392 e. The van der Waals surface area contributed by atoms with E-state index < -0.39 is 6.03 Å². The number of aliphatic hydroxyl groups excluding tert-OH is 1. The van der Waals surface area contributed by atoms with Crippen molar-refractivity contribution in [2.24, 2.45) is 17.4 Å². The van der Waals surface area contributed by atoms with Gasteiger partial charge in [0.15, 0.2) is 0 Å². The molecule has 1 atom stereocenters. The standard InChI is InChI=1S/C16H34N2O5.C10H12N2O3.C4H10N2O/c1-14(2)15(3)18-16(19)4-6-20-8-10-22-12-13-23-11-9-21-7-5-17;13-6-8-1-3-9(4-2-8)12-10(15)5-11-7-14;1-2-3-6-4(5)7/h14-15H,4-13,17H2,1-3H3,(H,18,19);1-4,7,13H,5-6H2,(H,11,14)(H,12,15);2-3H2,1H3,(H3,5,6,7). The third-order valence-corrected chi connectivity index (χ3v) is 5.56. The van der Waals surface area contributed by atoms with Gasteiger partial charge in [-0.1, -0.05) is 32.9 Å². The first-order valence-electron chi connectivity index (χ1n) is 15.1. The molecule has 1 aromatic carbocycles. The molecule has 0 saturated carbocycles. The Morgan fingerprint density at radius 3 is 1.82 bits per heavy atom. The third-order valence-electron chi connectivity index (χ3n) is 5.56. The number of aliphatic hydroxyl groups is 1. The maximum absolute atomic E-state index is 11.6. The van der Waals surface area contributed by atoms with Crippen LogP contribution in [0.5, 0.6) is 0 Å². The largest absolute Gasteiger partial charge is 0.392 e. The molecule has 0 heterocycles. The number of carbonyl (C=O) groups excluding carboxylic acids is 4. The van der Waals surface area contributed by atoms with Crippen LogP contribution in [0, 0.1) is 5.92 Å². The van der Waals surface area contributed by atoms with Crippen molar-refractivity contribution in [1.29, 1.82) is 0 Å². The van der Waals surface area contributed by atoms with Gasteiger partial charge in [-0.15, -0.1) is 0 Å². The van der Waals surface area contributed by atoms with Crippen molar-refractivity contribution in [3.8, 4) is 0 Å². The van der Waals surface area contributed by atoms with Crippen molar-refractivity contribution in [2.45, 2.75) is 53.2 Å². The maximum atomic E-state index is 11.6. The second-order valence-corrected chi connectivity index (χ2v) is 9.78. The molecule has 1 unspecified atom stereocenters. The van der Waals surface area contributed by atoms with Gasteiger partial charge in [0.25, 0.3) is 0 Å². The zero-order valence-electron chi connectivity index (χ0n) is 27.3. The van der Waals surface area contributed by atoms with Crippen LogP contribution in [0.1, 0.15) is 46.1 Å². The van der Waals surface area contributed by atoms with E-state index in [1.54, 1.807) is 24.3 Å². The number of carbonyl (C=O) groups is 4. The van der Waals surface area contributed by atoms with Crippen molar-refractivity contribution >= 4 is 29.9 Å². The summed E-state index contributed by atoms with van der Waals surface area (Å²) in [5, 5.41) is 19.0. The number of anilines is 1. The molecule has 0 saturated heterocycles. The van der Waals surface area contributed by atoms with Crippen LogP contribution >= 0.6 is 0 Å². The van der Waals surface area contributed by atoms with Crippen LogP contribution in [0.3, 0.4) is 0 Å². The van der Waals surface area contributed by atoms with E-state index in [0.717, 1.165) is 12.0 Å². The fourth-order valence-corrected chi connectivity index (χ4v) is 2.78. The molecule has 15 nitrogen and oxygen atoms in total. The van der Waals surface area contributed by atoms with E-state index in [2.05, 4.69) is 35.1 Å². The molecule has 1 rings (SSSR count). The molecular formula is C30H56N6O9. The van der Waals surface area contributed by atoms with Gasteiger partial charge in [0, 0.05) is 31.2 Å². The summed E-state index contributed by atoms with van der Waals surface area (Å²) in [7, 11) is 0. The first-order chi connectivity index (χ1) is 21.6. The molecule has 260 valence electrons. The summed E-state index contributed by atoms with van der Waals surface area (Å²) < 4.78 is 21.2. The lowest BCUT2D eigenvalue weighted by Gasteiger charge is -2.17. The summed E-state index contributed by atoms with van der Waals surface area (Å²) in [6, 6.07) is 6.54. The van der Waals surface area contributed by atoms with Crippen molar-refractivity contribution in [2.75, 3.05) is 77.8 Å². The molecule has 5 amide bonds. The van der Waals surface area contributed by atoms with E-state index >= 15 is 0 Å². The number of urea groups is 1. The number of ether oxygens (including phenoxy) is 4. The van der Waals surface area contributed by atoms with Crippen LogP contribution < -0.4 is 32.7 Å². The quantitative estimate of drug-likeness (QED) is 0.0644. The number of hydrogen-bond acceptors (Lipinski definition) is 10. The minimum atomic E-state index is -0.443. The Labute approximate surface area is 267 Å². The Balaban J connectivity index is 0. The second-order valence-electron chi connectivity index (χ2n) is 9.78. The van der Waals surface area contributed by atoms with Crippen molar-refractivity contribution in [3.63, 3.8) is 0 Å². The number of nitrogens with one attached hydrogen (secondary N) is 4. The molecular weight excluding hydrogens is 588 g/mol. The molecule has 9 N–H and O–H groups in total. The van der Waals surface area contributed by atoms with E-state index in [1.807, 2.05) is 13.8 Å². The summed E-state index contributed by atoms with van der Waals surface area (Å²) in [6.45, 7) is 13.4. The third kappa shape index (κ3) is 31.9. The average Bonchev–Trinajstić information content (AvgIpc) is 3.02. The number of benzene rings is 1. The van der Waals surface area contributed by atoms with Gasteiger partial charge in [0.05, 0.1) is 66.0 Å². The Morgan fingerprint density at radius 1 is 0.867 bits per heavy atom. The van der Waals surface area contributed by atoms with E-state index in [9.17, 15) is 19.2 Å². The molecule has 0 aromatic heterocycles. The van der Waals surface area contributed by atoms with E-state index in [-0.39, 0.29) is 31.0 Å². The summed E-state index contributed by atoms with van der Waals surface area (Å²) in [6.07, 6.45) is 1.78. The topological polar surface area (TPSA) is 226 Å². The molecule has 0 aliphatic carbocycles. The number of primary amides is 1. The van der Waals surface area contributed by atoms with Gasteiger partial charge in [-0.25, -0.2) is 4.79 Å². The molecule has 0 spiro atoms. The molecule has 1 aromatic rings. The number of nitrogens with two attached hydrogens (primary N) is 2. The lowest BCUT2D eigenvalue weighted by molar-refractivity contribution is -0.123. The van der Waals surface area contributed by atoms with Crippen LogP contribution in [-0.4, -0.2) is 108 Å². The molecule has 0 aliphatic heterocycles. The summed E-state index contributed by atoms with van der Waals surface area (Å²) in [4.78, 5) is 42.5. The number of amides is 5. The zero-order chi connectivity index (χ0) is 34.1. The Kier molecular flexibility index (Phi) is 31.2. The van der Waals surface area contributed by atoms with E-state index in [1.165, 1.54) is 0 Å². The van der Waals surface area contributed by atoms with Gasteiger partial charge in [0.1, 0.15) is 0 Å². The average molecular weight is 645 g/mol. The molecule has 0 aliphatic rings. The monoisotopic (exact) mass is 644 g/mol. The lowest BCUT2D eigenvalue weighted by Crippen LogP contribution is -2.36. The van der Waals surface area contributed by atoms with Crippen molar-refractivity contribution in [1.82, 2.24) is 16.0 Å². The highest BCUT2D eigenvalue weighted by Gasteiger charge is 2.10. The van der Waals surface area contributed by atoms with Crippen LogP contribution in [0.2, 0.25) is 0 Å². The van der Waals surface area contributed by atoms with Crippen LogP contribution in [0.4, 0.5) is 10.5 Å². The van der Waals surface area contributed by atoms with E-state index in [0.29, 0.717) is 90.4 Å². The van der Waals surface area contributed by atoms with Crippen molar-refractivity contribution < 1.29 is 43.2 Å². The maximum Gasteiger partial charge on any atom is 0.312 e. The molecule has 0 bridgehead atoms. The van der Waals surface area contributed by atoms with Gasteiger partial charge in [-0.05, 0) is 37.0 Å². The van der Waals surface area contributed by atoms with Crippen LogP contribution in [0.15, 0.2) is 24.3 Å². The highest BCUT2D eigenvalue weighted by Crippen LogP contribution is 2.09. The minimum absolute atomic E-state index is 0.0253. The Morgan fingerprint density at radius 2 is 1.40 bits per heavy atom. The van der Waals surface area contributed by atoms with Crippen LogP contribution in [-0.2, 0) is 39.9 Å². The van der Waals surface area contributed by atoms with Gasteiger partial charge in [0.2, 0.25) is 18.2 Å². The Hall–Kier alpha value is -3.34. The first kappa shape index (κ1) is 43.8. The molecule has 15 heteroatoms. The molecule has 45 heavy (non-hydrogen) atoms.